The molecule has 0 radical (unpaired) electrons. The summed E-state index contributed by atoms with van der Waals surface area (Å²) in [5, 5.41) is 2.85. The van der Waals surface area contributed by atoms with Crippen LogP contribution in [-0.4, -0.2) is 24.0 Å². The van der Waals surface area contributed by atoms with Gasteiger partial charge in [0, 0.05) is 6.08 Å². The van der Waals surface area contributed by atoms with Gasteiger partial charge in [-0.1, -0.05) is 12.1 Å². The molecule has 102 valence electrons. The third-order valence-corrected chi connectivity index (χ3v) is 3.51. The van der Waals surface area contributed by atoms with Crippen molar-refractivity contribution in [2.24, 2.45) is 0 Å². The third kappa shape index (κ3) is 3.99. The van der Waals surface area contributed by atoms with Crippen molar-refractivity contribution in [1.29, 1.82) is 0 Å². The van der Waals surface area contributed by atoms with E-state index in [1.54, 1.807) is 23.9 Å². The first kappa shape index (κ1) is 13.9. The first-order valence-corrected chi connectivity index (χ1v) is 7.46. The SMILES string of the molecule is CSCC[C@@H]1NC(=O)C=C1OCc1ccc(F)cc1. The monoisotopic (exact) mass is 281 g/mol. The van der Waals surface area contributed by atoms with Crippen LogP contribution in [0.15, 0.2) is 36.1 Å². The molecule has 1 aromatic carbocycles. The van der Waals surface area contributed by atoms with Gasteiger partial charge in [-0.25, -0.2) is 4.39 Å². The number of nitrogens with one attached hydrogen (secondary N) is 1. The van der Waals surface area contributed by atoms with Crippen molar-refractivity contribution < 1.29 is 13.9 Å². The van der Waals surface area contributed by atoms with Crippen LogP contribution in [0.4, 0.5) is 4.39 Å². The molecular formula is C14H16FNO2S. The normalized spacial score (nSPS) is 18.1. The molecule has 1 amide bonds. The van der Waals surface area contributed by atoms with E-state index in [1.807, 2.05) is 6.26 Å². The van der Waals surface area contributed by atoms with Crippen LogP contribution in [0.2, 0.25) is 0 Å². The zero-order chi connectivity index (χ0) is 13.7. The van der Waals surface area contributed by atoms with Crippen LogP contribution in [0.25, 0.3) is 0 Å². The maximum absolute atomic E-state index is 12.8. The lowest BCUT2D eigenvalue weighted by molar-refractivity contribution is -0.116. The lowest BCUT2D eigenvalue weighted by atomic mass is 10.2. The van der Waals surface area contributed by atoms with Crippen LogP contribution in [0.3, 0.4) is 0 Å². The van der Waals surface area contributed by atoms with Crippen molar-refractivity contribution in [3.05, 3.63) is 47.5 Å². The molecule has 1 aliphatic heterocycles. The van der Waals surface area contributed by atoms with E-state index < -0.39 is 0 Å². The average Bonchev–Trinajstić information content (AvgIpc) is 2.76. The minimum absolute atomic E-state index is 0.0413. The molecule has 0 bridgehead atoms. The number of rotatable bonds is 6. The summed E-state index contributed by atoms with van der Waals surface area (Å²) in [6.45, 7) is 0.344. The van der Waals surface area contributed by atoms with Crippen molar-refractivity contribution in [3.63, 3.8) is 0 Å². The zero-order valence-electron chi connectivity index (χ0n) is 10.7. The maximum atomic E-state index is 12.8. The average molecular weight is 281 g/mol. The van der Waals surface area contributed by atoms with Gasteiger partial charge in [0.15, 0.2) is 0 Å². The molecular weight excluding hydrogens is 265 g/mol. The minimum atomic E-state index is -0.265. The molecule has 1 aromatic rings. The Balaban J connectivity index is 1.91. The molecule has 0 saturated carbocycles. The van der Waals surface area contributed by atoms with Crippen molar-refractivity contribution >= 4 is 17.7 Å². The summed E-state index contributed by atoms with van der Waals surface area (Å²) in [6, 6.07) is 6.11. The second-order valence-corrected chi connectivity index (χ2v) is 5.29. The molecule has 19 heavy (non-hydrogen) atoms. The van der Waals surface area contributed by atoms with E-state index in [1.165, 1.54) is 18.2 Å². The van der Waals surface area contributed by atoms with Gasteiger partial charge in [-0.2, -0.15) is 11.8 Å². The van der Waals surface area contributed by atoms with Gasteiger partial charge >= 0.3 is 0 Å². The highest BCUT2D eigenvalue weighted by atomic mass is 32.2. The number of thioether (sulfide) groups is 1. The molecule has 2 rings (SSSR count). The number of hydrogen-bond donors (Lipinski definition) is 1. The van der Waals surface area contributed by atoms with Gasteiger partial charge in [-0.3, -0.25) is 4.79 Å². The standard InChI is InChI=1S/C14H16FNO2S/c1-19-7-6-12-13(8-14(17)16-12)18-9-10-2-4-11(15)5-3-10/h2-5,8,12H,6-7,9H2,1H3,(H,16,17)/t12-/m0/s1. The van der Waals surface area contributed by atoms with E-state index in [0.29, 0.717) is 12.4 Å². The summed E-state index contributed by atoms with van der Waals surface area (Å²) < 4.78 is 18.4. The van der Waals surface area contributed by atoms with E-state index in [9.17, 15) is 9.18 Å². The molecule has 3 nitrogen and oxygen atoms in total. The fourth-order valence-electron chi connectivity index (χ4n) is 1.85. The Morgan fingerprint density at radius 3 is 2.79 bits per heavy atom. The van der Waals surface area contributed by atoms with Crippen LogP contribution in [0.5, 0.6) is 0 Å². The summed E-state index contributed by atoms with van der Waals surface area (Å²) in [5.41, 5.74) is 0.880. The van der Waals surface area contributed by atoms with Gasteiger partial charge in [0.1, 0.15) is 18.2 Å². The zero-order valence-corrected chi connectivity index (χ0v) is 11.5. The maximum Gasteiger partial charge on any atom is 0.248 e. The van der Waals surface area contributed by atoms with Crippen LogP contribution in [-0.2, 0) is 16.1 Å². The Kier molecular flexibility index (Phi) is 4.85. The van der Waals surface area contributed by atoms with Gasteiger partial charge < -0.3 is 10.1 Å². The second-order valence-electron chi connectivity index (χ2n) is 4.30. The van der Waals surface area contributed by atoms with Crippen LogP contribution in [0, 0.1) is 5.82 Å². The third-order valence-electron chi connectivity index (χ3n) is 2.86. The summed E-state index contributed by atoms with van der Waals surface area (Å²) >= 11 is 1.73. The Labute approximate surface area is 116 Å². The lowest BCUT2D eigenvalue weighted by Crippen LogP contribution is -2.29. The van der Waals surface area contributed by atoms with Crippen molar-refractivity contribution in [2.45, 2.75) is 19.1 Å². The van der Waals surface area contributed by atoms with Crippen LogP contribution < -0.4 is 5.32 Å². The Morgan fingerprint density at radius 2 is 2.11 bits per heavy atom. The quantitative estimate of drug-likeness (QED) is 0.870. The van der Waals surface area contributed by atoms with E-state index in [2.05, 4.69) is 5.32 Å². The predicted molar refractivity (Wildman–Crippen MR) is 74.2 cm³/mol. The summed E-state index contributed by atoms with van der Waals surface area (Å²) in [7, 11) is 0. The number of carbonyl (C=O) groups is 1. The van der Waals surface area contributed by atoms with Gasteiger partial charge in [-0.15, -0.1) is 0 Å². The van der Waals surface area contributed by atoms with Gasteiger partial charge in [-0.05, 0) is 36.1 Å². The van der Waals surface area contributed by atoms with Crippen molar-refractivity contribution in [1.82, 2.24) is 5.32 Å². The van der Waals surface area contributed by atoms with Gasteiger partial charge in [0.2, 0.25) is 5.91 Å². The lowest BCUT2D eigenvalue weighted by Gasteiger charge is -2.15. The molecule has 0 saturated heterocycles. The molecule has 1 heterocycles. The molecule has 0 unspecified atom stereocenters. The molecule has 1 N–H and O–H groups in total. The number of ether oxygens (including phenoxy) is 1. The minimum Gasteiger partial charge on any atom is -0.491 e. The van der Waals surface area contributed by atoms with E-state index in [0.717, 1.165) is 17.7 Å². The Morgan fingerprint density at radius 1 is 1.37 bits per heavy atom. The van der Waals surface area contributed by atoms with Gasteiger partial charge in [0.25, 0.3) is 0 Å². The fraction of sp³-hybridized carbons (Fsp3) is 0.357. The topological polar surface area (TPSA) is 38.3 Å². The van der Waals surface area contributed by atoms with Gasteiger partial charge in [0.05, 0.1) is 6.04 Å². The molecule has 1 aliphatic rings. The number of benzene rings is 1. The second kappa shape index (κ2) is 6.61. The summed E-state index contributed by atoms with van der Waals surface area (Å²) in [6.07, 6.45) is 4.37. The number of carbonyl (C=O) groups excluding carboxylic acids is 1. The first-order valence-electron chi connectivity index (χ1n) is 6.07. The highest BCUT2D eigenvalue weighted by Gasteiger charge is 2.24. The largest absolute Gasteiger partial charge is 0.491 e. The van der Waals surface area contributed by atoms with Crippen molar-refractivity contribution in [3.8, 4) is 0 Å². The summed E-state index contributed by atoms with van der Waals surface area (Å²) in [4.78, 5) is 11.4. The molecule has 5 heteroatoms. The van der Waals surface area contributed by atoms with Crippen LogP contribution in [0.1, 0.15) is 12.0 Å². The molecule has 0 fully saturated rings. The molecule has 1 atom stereocenters. The van der Waals surface area contributed by atoms with E-state index in [-0.39, 0.29) is 17.8 Å². The Hall–Kier alpha value is -1.49. The number of hydrogen-bond acceptors (Lipinski definition) is 3. The number of amides is 1. The highest BCUT2D eigenvalue weighted by molar-refractivity contribution is 7.98. The molecule has 0 aromatic heterocycles. The molecule has 0 spiro atoms. The van der Waals surface area contributed by atoms with Crippen LogP contribution >= 0.6 is 11.8 Å². The predicted octanol–water partition coefficient (Wildman–Crippen LogP) is 2.48. The fourth-order valence-corrected chi connectivity index (χ4v) is 2.33. The van der Waals surface area contributed by atoms with E-state index in [4.69, 9.17) is 4.74 Å². The molecule has 0 aliphatic carbocycles. The smallest absolute Gasteiger partial charge is 0.248 e. The highest BCUT2D eigenvalue weighted by Crippen LogP contribution is 2.18. The Bertz CT molecular complexity index is 473. The van der Waals surface area contributed by atoms with Crippen molar-refractivity contribution in [2.75, 3.05) is 12.0 Å². The first-order chi connectivity index (χ1) is 9.19. The number of halogens is 1. The summed E-state index contributed by atoms with van der Waals surface area (Å²) in [5.74, 6) is 1.25. The van der Waals surface area contributed by atoms with E-state index >= 15 is 0 Å².